The third kappa shape index (κ3) is 27.7. The third-order valence-electron chi connectivity index (χ3n) is 17.3. The molecule has 4 aromatic carbocycles. The molecule has 0 saturated carbocycles. The van der Waals surface area contributed by atoms with Crippen molar-refractivity contribution in [2.45, 2.75) is 98.2 Å². The first-order chi connectivity index (χ1) is 59.5. The Kier molecular flexibility index (Phi) is 33.7. The van der Waals surface area contributed by atoms with Gasteiger partial charge in [0.1, 0.15) is 96.5 Å². The van der Waals surface area contributed by atoms with Gasteiger partial charge in [-0.1, -0.05) is 72.8 Å². The second-order valence-corrected chi connectivity index (χ2v) is 39.9. The Labute approximate surface area is 718 Å². The predicted molar refractivity (Wildman–Crippen MR) is 424 cm³/mol. The molecule has 5 fully saturated rings. The lowest BCUT2D eigenvalue weighted by molar-refractivity contribution is -0.0549. The van der Waals surface area contributed by atoms with Crippen LogP contribution in [-0.4, -0.2) is 237 Å². The van der Waals surface area contributed by atoms with Crippen LogP contribution >= 0.6 is 75.5 Å². The van der Waals surface area contributed by atoms with Crippen LogP contribution < -0.4 is 44.0 Å². The molecule has 20 atom stereocenters. The summed E-state index contributed by atoms with van der Waals surface area (Å²) in [5.74, 6) is -2.15. The number of aliphatic hydroxyl groups is 9. The number of benzene rings is 4. The van der Waals surface area contributed by atoms with Gasteiger partial charge < -0.3 is 120 Å². The van der Waals surface area contributed by atoms with Crippen molar-refractivity contribution in [3.63, 3.8) is 0 Å². The number of hydrogen-bond donors (Lipinski definition) is 19. The summed E-state index contributed by atoms with van der Waals surface area (Å²) in [6.07, 6.45) is -22.7. The molecule has 9 heterocycles. The van der Waals surface area contributed by atoms with E-state index in [2.05, 4.69) is 71.8 Å². The monoisotopic (exact) mass is 1970 g/mol. The number of aliphatic hydroxyl groups excluding tert-OH is 9. The summed E-state index contributed by atoms with van der Waals surface area (Å²) in [5, 5.41) is 99.9. The van der Waals surface area contributed by atoms with Crippen LogP contribution in [0.2, 0.25) is 0 Å². The van der Waals surface area contributed by atoms with Gasteiger partial charge in [-0.2, -0.15) is 41.5 Å². The Balaban J connectivity index is 0.000000178. The summed E-state index contributed by atoms with van der Waals surface area (Å²) < 4.78 is 138. The highest BCUT2D eigenvalue weighted by atomic mass is 35.9. The number of nitrogens with zero attached hydrogens (tertiary/aromatic N) is 8. The zero-order chi connectivity index (χ0) is 93.1. The minimum atomic E-state index is -5.76. The minimum absolute atomic E-state index is 0.00163. The molecular weight excluding hydrogens is 1900 g/mol. The Morgan fingerprint density at radius 1 is 0.386 bits per heavy atom. The maximum Gasteiger partial charge on any atom is 0.492 e. The molecule has 127 heavy (non-hydrogen) atoms. The highest BCUT2D eigenvalue weighted by Crippen LogP contribution is 2.80. The Bertz CT molecular complexity index is 5850. The van der Waals surface area contributed by atoms with Crippen molar-refractivity contribution in [2.75, 3.05) is 47.7 Å². The Morgan fingerprint density at radius 2 is 0.654 bits per heavy atom. The first-order valence-corrected chi connectivity index (χ1v) is 47.9. The summed E-state index contributed by atoms with van der Waals surface area (Å²) in [7, 11) is -32.6. The van der Waals surface area contributed by atoms with E-state index in [1.807, 2.05) is 0 Å². The molecule has 688 valence electrons. The average molecular weight is 1970 g/mol. The lowest BCUT2D eigenvalue weighted by Gasteiger charge is -2.27. The molecule has 5 saturated heterocycles. The summed E-state index contributed by atoms with van der Waals surface area (Å²) in [6, 6.07) is 38.0. The fourth-order valence-electron chi connectivity index (χ4n) is 11.5. The third-order valence-corrected chi connectivity index (χ3v) is 27.5. The van der Waals surface area contributed by atoms with Crippen molar-refractivity contribution in [3.8, 4) is 0 Å². The number of carbonyl (C=O) groups is 4. The number of carbonyl (C=O) groups excluding carboxylic acids is 4. The highest BCUT2D eigenvalue weighted by Gasteiger charge is 2.56. The van der Waals surface area contributed by atoms with Crippen LogP contribution in [0.4, 0.5) is 23.3 Å². The predicted octanol–water partition coefficient (Wildman–Crippen LogP) is 0.786. The smallest absolute Gasteiger partial charge is 0.394 e. The number of phosphoric ester groups is 1. The zero-order valence-electron chi connectivity index (χ0n) is 63.4. The lowest BCUT2D eigenvalue weighted by atomic mass is 10.1. The molecule has 5 aliphatic rings. The number of anilines is 4. The maximum absolute atomic E-state index is 12.5. The van der Waals surface area contributed by atoms with Gasteiger partial charge in [-0.25, -0.2) is 46.6 Å². The SMILES string of the molecule is O=C(Nc1ccn([C@@H]2O[C@H](CO)[C@H](O)C2O)c(=O)n1)c1ccccc1.O=C(Nc1ccn([C@@H]2O[C@H](COP(=O)(Cl)Cl)[C@H](O)C2O)c(=O)n1)c1ccccc1.O=C(Nc1ccn([C@@H]2O[C@H](COP(=O)(O)OP(=O)(O)OP(=O)(O)O)[C@H](O)C2O)c(=O)n1)c1ccccc1.O=C(Nc1ccn([C@@H]2O[C@H](COP3(=O)OP(=O)(O)OP(=O)(O)O3)[C@H](O)C2O)c(=O)n1)c1ccccc1. The number of phosphoric acid groups is 6. The molecule has 4 amide bonds. The van der Waals surface area contributed by atoms with Crippen LogP contribution in [0, 0.1) is 0 Å². The van der Waals surface area contributed by atoms with Gasteiger partial charge in [-0.05, 0) is 95.3 Å². The second-order valence-electron chi connectivity index (χ2n) is 26.2. The summed E-state index contributed by atoms with van der Waals surface area (Å²) in [6.45, 7) is -2.97. The van der Waals surface area contributed by atoms with Gasteiger partial charge in [0.15, 0.2) is 24.9 Å². The van der Waals surface area contributed by atoms with Crippen molar-refractivity contribution in [2.24, 2.45) is 0 Å². The van der Waals surface area contributed by atoms with E-state index in [1.165, 1.54) is 48.8 Å². The number of rotatable bonds is 26. The van der Waals surface area contributed by atoms with Gasteiger partial charge in [0.25, 0.3) is 23.6 Å². The van der Waals surface area contributed by atoms with Gasteiger partial charge >= 0.3 is 75.8 Å². The van der Waals surface area contributed by atoms with E-state index in [-0.39, 0.29) is 23.3 Å². The molecule has 19 N–H and O–H groups in total. The normalized spacial score (nSPS) is 28.3. The van der Waals surface area contributed by atoms with Crippen molar-refractivity contribution in [1.82, 2.24) is 38.2 Å². The fourth-order valence-corrected chi connectivity index (χ4v) is 20.1. The maximum atomic E-state index is 12.5. The van der Waals surface area contributed by atoms with Crippen molar-refractivity contribution in [1.29, 1.82) is 0 Å². The van der Waals surface area contributed by atoms with Gasteiger partial charge in [-0.15, -0.1) is 0 Å². The van der Waals surface area contributed by atoms with Gasteiger partial charge in [-0.3, -0.25) is 51.1 Å². The molecule has 63 heteroatoms. The molecule has 13 rings (SSSR count). The van der Waals surface area contributed by atoms with Crippen molar-refractivity contribution < 1.29 is 181 Å². The zero-order valence-corrected chi connectivity index (χ0v) is 71.2. The fraction of sp³-hybridized carbons (Fsp3) is 0.312. The van der Waals surface area contributed by atoms with Gasteiger partial charge in [0.2, 0.25) is 0 Å². The average Bonchev–Trinajstić information content (AvgIpc) is 1.76. The molecule has 0 aliphatic carbocycles. The molecule has 5 aliphatic heterocycles. The Hall–Kier alpha value is -8.61. The van der Waals surface area contributed by atoms with E-state index in [0.717, 1.165) is 30.7 Å². The number of halogens is 2. The van der Waals surface area contributed by atoms with E-state index >= 15 is 0 Å². The van der Waals surface area contributed by atoms with Gasteiger partial charge in [0.05, 0.1) is 26.4 Å². The molecule has 8 unspecified atom stereocenters. The molecular formula is C64H71Cl2N12O42P7. The van der Waals surface area contributed by atoms with E-state index in [0.29, 0.717) is 22.3 Å². The first-order valence-electron chi connectivity index (χ1n) is 35.5. The lowest BCUT2D eigenvalue weighted by Crippen LogP contribution is -2.36. The number of amides is 4. The van der Waals surface area contributed by atoms with Crippen LogP contribution in [0.25, 0.3) is 0 Å². The summed E-state index contributed by atoms with van der Waals surface area (Å²) >= 11 is 10.6. The molecule has 4 aromatic heterocycles. The van der Waals surface area contributed by atoms with E-state index in [4.69, 9.17) is 65.7 Å². The van der Waals surface area contributed by atoms with Crippen LogP contribution in [-0.2, 0) is 86.0 Å². The van der Waals surface area contributed by atoms with Crippen molar-refractivity contribution >= 4 is 122 Å². The van der Waals surface area contributed by atoms with E-state index in [1.54, 1.807) is 109 Å². The van der Waals surface area contributed by atoms with Crippen molar-refractivity contribution in [3.05, 3.63) is 235 Å². The molecule has 0 spiro atoms. The highest BCUT2D eigenvalue weighted by molar-refractivity contribution is 8.05. The van der Waals surface area contributed by atoms with Crippen LogP contribution in [0.1, 0.15) is 66.3 Å². The minimum Gasteiger partial charge on any atom is -0.394 e. The molecule has 0 radical (unpaired) electrons. The standard InChI is InChI=1S/C16H16Cl2N3O7P.C16H20N3O15P3.C16H18N3O14P3.C16H17N3O6/c17-29(18,26)27-8-10-12(22)13(23)15(28-10)21-7-6-11(20-16(21)25)19-14(24)9-4-2-1-3-5-9;20-12-10(8-31-36(27,28)34-37(29,30)33-35(24,25)26)32-15(13(12)21)19-7-6-11(18-16(19)23)17-14(22)9-4-2-1-3-5-9;20-12-10(8-29-36(28)32-34(24,25)31-35(26,27)33-36)30-15(13(12)21)19-7-6-11(18-16(19)23)17-14(22)9-4-2-1-3-5-9;20-8-10-12(21)13(22)15(25-10)19-7-6-11(18-16(19)24)17-14(23)9-4-2-1-3-5-9/h1-7,10,12-13,15,22-23H,8H2,(H,19,20,24,25);1-7,10,12-13,15,20-21H,8H2,(H,27,28)(H,29,30)(H2,24,25,26)(H,17,18,22,23);1-7,10,12-13,15,20-21H,8H2,(H,24,25)(H,26,27)(H,17,18,22,23);1-7,10,12-13,15,20-22H,8H2,(H,17,18,23,24)/t4*10-,12+,13?,15-/m1111/s1. The van der Waals surface area contributed by atoms with Crippen LogP contribution in [0.15, 0.2) is 190 Å². The molecule has 8 aromatic rings. The Morgan fingerprint density at radius 3 is 0.913 bits per heavy atom. The number of hydrogen-bond acceptors (Lipinski definition) is 40. The first kappa shape index (κ1) is 101. The quantitative estimate of drug-likeness (QED) is 0.0333. The number of aromatic nitrogens is 8. The van der Waals surface area contributed by atoms with Gasteiger partial charge in [0, 0.05) is 47.0 Å². The number of nitrogens with one attached hydrogen (secondary N) is 4. The summed E-state index contributed by atoms with van der Waals surface area (Å²) in [5.41, 5.74) is -2.21. The number of ether oxygens (including phenoxy) is 4. The summed E-state index contributed by atoms with van der Waals surface area (Å²) in [4.78, 5) is 167. The molecule has 0 bridgehead atoms. The largest absolute Gasteiger partial charge is 0.492 e. The second kappa shape index (κ2) is 42.5. The van der Waals surface area contributed by atoms with Crippen LogP contribution in [0.3, 0.4) is 0 Å². The topological polar surface area (TPSA) is 790 Å². The van der Waals surface area contributed by atoms with Crippen LogP contribution in [0.5, 0.6) is 0 Å². The van der Waals surface area contributed by atoms with E-state index in [9.17, 15) is 126 Å². The molecule has 54 nitrogen and oxygen atoms in total. The van der Waals surface area contributed by atoms with E-state index < -0.39 is 224 Å².